The van der Waals surface area contributed by atoms with Crippen molar-refractivity contribution in [3.8, 4) is 5.75 Å². The van der Waals surface area contributed by atoms with Crippen molar-refractivity contribution in [2.75, 3.05) is 46.0 Å². The summed E-state index contributed by atoms with van der Waals surface area (Å²) >= 11 is 0. The fourth-order valence-corrected chi connectivity index (χ4v) is 4.26. The van der Waals surface area contributed by atoms with Gasteiger partial charge in [-0.25, -0.2) is 0 Å². The van der Waals surface area contributed by atoms with Gasteiger partial charge in [0.25, 0.3) is 0 Å². The van der Waals surface area contributed by atoms with Crippen molar-refractivity contribution in [1.29, 1.82) is 0 Å². The van der Waals surface area contributed by atoms with Crippen LogP contribution in [0.3, 0.4) is 0 Å². The van der Waals surface area contributed by atoms with Crippen LogP contribution in [0.25, 0.3) is 0 Å². The molecule has 3 unspecified atom stereocenters. The molecule has 130 valence electrons. The summed E-state index contributed by atoms with van der Waals surface area (Å²) in [5.74, 6) is 1.66. The second kappa shape index (κ2) is 6.73. The Hall–Kier alpha value is -1.59. The van der Waals surface area contributed by atoms with Crippen molar-refractivity contribution in [3.05, 3.63) is 29.8 Å². The zero-order valence-corrected chi connectivity index (χ0v) is 14.3. The van der Waals surface area contributed by atoms with Crippen LogP contribution in [0, 0.1) is 11.8 Å². The van der Waals surface area contributed by atoms with Gasteiger partial charge in [-0.05, 0) is 24.0 Å². The van der Waals surface area contributed by atoms with E-state index in [2.05, 4.69) is 22.8 Å². The fourth-order valence-electron chi connectivity index (χ4n) is 4.26. The largest absolute Gasteiger partial charge is 0.492 e. The average Bonchev–Trinajstić information content (AvgIpc) is 3.03. The van der Waals surface area contributed by atoms with Crippen molar-refractivity contribution in [2.45, 2.75) is 19.4 Å². The number of carbonyl (C=O) groups excluding carboxylic acids is 1. The molecule has 3 heterocycles. The number of fused-ring (bicyclic) bond motifs is 1. The lowest BCUT2D eigenvalue weighted by Crippen LogP contribution is -2.47. The molecule has 0 spiro atoms. The molecule has 3 aliphatic heterocycles. The van der Waals surface area contributed by atoms with Gasteiger partial charge in [0.15, 0.2) is 0 Å². The molecular weight excluding hydrogens is 304 g/mol. The first-order chi connectivity index (χ1) is 11.7. The van der Waals surface area contributed by atoms with Crippen LogP contribution in [0.1, 0.15) is 12.5 Å². The molecule has 5 nitrogen and oxygen atoms in total. The molecule has 4 rings (SSSR count). The van der Waals surface area contributed by atoms with Gasteiger partial charge in [0.1, 0.15) is 12.4 Å². The van der Waals surface area contributed by atoms with Crippen molar-refractivity contribution in [2.24, 2.45) is 11.8 Å². The molecule has 0 aromatic heterocycles. The van der Waals surface area contributed by atoms with Gasteiger partial charge >= 0.3 is 0 Å². The zero-order chi connectivity index (χ0) is 16.5. The third kappa shape index (κ3) is 3.03. The number of para-hydroxylation sites is 1. The predicted octanol–water partition coefficient (Wildman–Crippen LogP) is 1.42. The van der Waals surface area contributed by atoms with Crippen LogP contribution >= 0.6 is 0 Å². The number of ether oxygens (including phenoxy) is 2. The van der Waals surface area contributed by atoms with E-state index in [1.165, 1.54) is 0 Å². The number of benzene rings is 1. The minimum Gasteiger partial charge on any atom is -0.492 e. The highest BCUT2D eigenvalue weighted by Gasteiger charge is 2.39. The Morgan fingerprint density at radius 3 is 2.79 bits per heavy atom. The molecular formula is C19H26N2O3. The van der Waals surface area contributed by atoms with Gasteiger partial charge in [0, 0.05) is 32.2 Å². The second-order valence-electron chi connectivity index (χ2n) is 7.26. The zero-order valence-electron chi connectivity index (χ0n) is 14.3. The number of carbonyl (C=O) groups is 1. The van der Waals surface area contributed by atoms with Gasteiger partial charge in [0.05, 0.1) is 19.1 Å². The van der Waals surface area contributed by atoms with E-state index >= 15 is 0 Å². The molecule has 0 bridgehead atoms. The molecule has 3 aliphatic rings. The standard InChI is InChI=1S/C19H26N2O3/c1-14-11-21(12-17(14)20-6-8-23-9-7-20)19(22)16-10-15-4-2-3-5-18(15)24-13-16/h2-5,14,16-17H,6-13H2,1H3. The van der Waals surface area contributed by atoms with Gasteiger partial charge < -0.3 is 14.4 Å². The lowest BCUT2D eigenvalue weighted by atomic mass is 9.95. The first-order valence-electron chi connectivity index (χ1n) is 9.03. The highest BCUT2D eigenvalue weighted by molar-refractivity contribution is 5.80. The Morgan fingerprint density at radius 2 is 1.96 bits per heavy atom. The summed E-state index contributed by atoms with van der Waals surface area (Å²) in [6, 6.07) is 8.52. The smallest absolute Gasteiger partial charge is 0.229 e. The van der Waals surface area contributed by atoms with E-state index in [1.807, 2.05) is 18.2 Å². The summed E-state index contributed by atoms with van der Waals surface area (Å²) in [4.78, 5) is 17.5. The molecule has 0 aliphatic carbocycles. The molecule has 3 atom stereocenters. The van der Waals surface area contributed by atoms with Crippen LogP contribution in [0.4, 0.5) is 0 Å². The molecule has 2 saturated heterocycles. The predicted molar refractivity (Wildman–Crippen MR) is 91.1 cm³/mol. The van der Waals surface area contributed by atoms with E-state index in [9.17, 15) is 4.79 Å². The molecule has 2 fully saturated rings. The van der Waals surface area contributed by atoms with Crippen LogP contribution in [0.2, 0.25) is 0 Å². The molecule has 0 saturated carbocycles. The van der Waals surface area contributed by atoms with E-state index in [-0.39, 0.29) is 11.8 Å². The Bertz CT molecular complexity index is 600. The van der Waals surface area contributed by atoms with E-state index in [4.69, 9.17) is 9.47 Å². The van der Waals surface area contributed by atoms with Gasteiger partial charge in [-0.2, -0.15) is 0 Å². The van der Waals surface area contributed by atoms with Crippen molar-refractivity contribution < 1.29 is 14.3 Å². The summed E-state index contributed by atoms with van der Waals surface area (Å²) in [5, 5.41) is 0. The SMILES string of the molecule is CC1CN(C(=O)C2COc3ccccc3C2)CC1N1CCOCC1. The summed E-state index contributed by atoms with van der Waals surface area (Å²) in [6.07, 6.45) is 0.794. The van der Waals surface area contributed by atoms with Crippen molar-refractivity contribution in [1.82, 2.24) is 9.80 Å². The number of hydrogen-bond donors (Lipinski definition) is 0. The molecule has 24 heavy (non-hydrogen) atoms. The van der Waals surface area contributed by atoms with Crippen LogP contribution < -0.4 is 4.74 Å². The third-order valence-corrected chi connectivity index (χ3v) is 5.63. The summed E-state index contributed by atoms with van der Waals surface area (Å²) in [6.45, 7) is 8.06. The van der Waals surface area contributed by atoms with Gasteiger partial charge in [-0.1, -0.05) is 25.1 Å². The highest BCUT2D eigenvalue weighted by atomic mass is 16.5. The first-order valence-corrected chi connectivity index (χ1v) is 9.03. The Labute approximate surface area is 143 Å². The monoisotopic (exact) mass is 330 g/mol. The number of amides is 1. The lowest BCUT2D eigenvalue weighted by molar-refractivity contribution is -0.136. The molecule has 1 aromatic rings. The maximum absolute atomic E-state index is 13.0. The molecule has 1 amide bonds. The van der Waals surface area contributed by atoms with Crippen molar-refractivity contribution >= 4 is 5.91 Å². The second-order valence-corrected chi connectivity index (χ2v) is 7.26. The Kier molecular flexibility index (Phi) is 4.46. The fraction of sp³-hybridized carbons (Fsp3) is 0.632. The number of rotatable bonds is 2. The maximum atomic E-state index is 13.0. The van der Waals surface area contributed by atoms with E-state index in [0.29, 0.717) is 18.6 Å². The topological polar surface area (TPSA) is 42.0 Å². The van der Waals surface area contributed by atoms with E-state index in [0.717, 1.165) is 57.1 Å². The lowest BCUT2D eigenvalue weighted by Gasteiger charge is -2.34. The van der Waals surface area contributed by atoms with E-state index in [1.54, 1.807) is 0 Å². The first kappa shape index (κ1) is 15.9. The Balaban J connectivity index is 1.40. The van der Waals surface area contributed by atoms with Gasteiger partial charge in [-0.15, -0.1) is 0 Å². The summed E-state index contributed by atoms with van der Waals surface area (Å²) in [5.41, 5.74) is 1.15. The van der Waals surface area contributed by atoms with Gasteiger partial charge in [0.2, 0.25) is 5.91 Å². The number of nitrogens with zero attached hydrogens (tertiary/aromatic N) is 2. The molecule has 5 heteroatoms. The van der Waals surface area contributed by atoms with Crippen LogP contribution in [-0.4, -0.2) is 67.7 Å². The van der Waals surface area contributed by atoms with Crippen LogP contribution in [0.15, 0.2) is 24.3 Å². The summed E-state index contributed by atoms with van der Waals surface area (Å²) < 4.78 is 11.3. The minimum atomic E-state index is -0.0458. The normalized spacial score (nSPS) is 30.7. The molecule has 1 aromatic carbocycles. The highest BCUT2D eigenvalue weighted by Crippen LogP contribution is 2.30. The van der Waals surface area contributed by atoms with E-state index < -0.39 is 0 Å². The number of morpholine rings is 1. The van der Waals surface area contributed by atoms with Gasteiger partial charge in [-0.3, -0.25) is 9.69 Å². The molecule has 0 radical (unpaired) electrons. The number of likely N-dealkylation sites (tertiary alicyclic amines) is 1. The summed E-state index contributed by atoms with van der Waals surface area (Å²) in [7, 11) is 0. The maximum Gasteiger partial charge on any atom is 0.229 e. The minimum absolute atomic E-state index is 0.0458. The van der Waals surface area contributed by atoms with Crippen molar-refractivity contribution in [3.63, 3.8) is 0 Å². The Morgan fingerprint density at radius 1 is 1.17 bits per heavy atom. The molecule has 0 N–H and O–H groups in total. The third-order valence-electron chi connectivity index (χ3n) is 5.63. The van der Waals surface area contributed by atoms with Crippen LogP contribution in [0.5, 0.6) is 5.75 Å². The number of hydrogen-bond acceptors (Lipinski definition) is 4. The average molecular weight is 330 g/mol. The quantitative estimate of drug-likeness (QED) is 0.822. The van der Waals surface area contributed by atoms with Crippen LogP contribution in [-0.2, 0) is 16.0 Å².